The first-order valence-corrected chi connectivity index (χ1v) is 7.17. The third-order valence-corrected chi connectivity index (χ3v) is 3.53. The van der Waals surface area contributed by atoms with Crippen molar-refractivity contribution in [3.8, 4) is 0 Å². The number of aliphatic hydroxyl groups is 1. The van der Waals surface area contributed by atoms with Gasteiger partial charge in [-0.3, -0.25) is 4.90 Å². The van der Waals surface area contributed by atoms with Gasteiger partial charge in [0.25, 0.3) is 0 Å². The van der Waals surface area contributed by atoms with Crippen molar-refractivity contribution in [2.45, 2.75) is 18.6 Å². The van der Waals surface area contributed by atoms with E-state index in [0.29, 0.717) is 13.1 Å². The quantitative estimate of drug-likeness (QED) is 0.609. The van der Waals surface area contributed by atoms with E-state index >= 15 is 0 Å². The average Bonchev–Trinajstić information content (AvgIpc) is 2.58. The van der Waals surface area contributed by atoms with Crippen molar-refractivity contribution in [3.63, 3.8) is 0 Å². The summed E-state index contributed by atoms with van der Waals surface area (Å²) < 4.78 is 29.4. The molecule has 0 aliphatic carbocycles. The van der Waals surface area contributed by atoms with Crippen molar-refractivity contribution < 1.29 is 18.3 Å². The maximum absolute atomic E-state index is 10.9. The van der Waals surface area contributed by atoms with E-state index in [9.17, 15) is 13.5 Å². The van der Waals surface area contributed by atoms with Crippen molar-refractivity contribution in [3.05, 3.63) is 0 Å². The van der Waals surface area contributed by atoms with Crippen LogP contribution < -0.4 is 4.72 Å². The van der Waals surface area contributed by atoms with Crippen LogP contribution in [0, 0.1) is 0 Å². The van der Waals surface area contributed by atoms with Gasteiger partial charge in [0.05, 0.1) is 19.0 Å². The monoisotopic (exact) mass is 252 g/mol. The van der Waals surface area contributed by atoms with Crippen LogP contribution >= 0.6 is 0 Å². The van der Waals surface area contributed by atoms with E-state index < -0.39 is 10.0 Å². The molecule has 1 saturated heterocycles. The van der Waals surface area contributed by atoms with Crippen molar-refractivity contribution in [1.82, 2.24) is 9.62 Å². The summed E-state index contributed by atoms with van der Waals surface area (Å²) in [7, 11) is -1.48. The Morgan fingerprint density at radius 3 is 2.75 bits per heavy atom. The Morgan fingerprint density at radius 1 is 1.56 bits per heavy atom. The van der Waals surface area contributed by atoms with E-state index in [2.05, 4.69) is 4.72 Å². The first-order valence-electron chi connectivity index (χ1n) is 5.28. The van der Waals surface area contributed by atoms with Crippen LogP contribution in [0.4, 0.5) is 0 Å². The lowest BCUT2D eigenvalue weighted by atomic mass is 10.2. The molecular weight excluding hydrogens is 232 g/mol. The van der Waals surface area contributed by atoms with Crippen LogP contribution in [0.25, 0.3) is 0 Å². The van der Waals surface area contributed by atoms with Gasteiger partial charge in [-0.05, 0) is 6.42 Å². The molecular formula is C9H20N2O4S. The summed E-state index contributed by atoms with van der Waals surface area (Å²) in [6, 6.07) is 0.0753. The molecule has 0 amide bonds. The van der Waals surface area contributed by atoms with E-state index in [0.717, 1.165) is 19.2 Å². The molecule has 2 N–H and O–H groups in total. The van der Waals surface area contributed by atoms with Crippen LogP contribution in [0.2, 0.25) is 0 Å². The number of methoxy groups -OCH3 is 1. The Kier molecular flexibility index (Phi) is 5.13. The maximum atomic E-state index is 10.9. The molecule has 1 rings (SSSR count). The lowest BCUT2D eigenvalue weighted by Crippen LogP contribution is -2.39. The fourth-order valence-electron chi connectivity index (χ4n) is 1.95. The van der Waals surface area contributed by atoms with E-state index in [1.807, 2.05) is 4.90 Å². The Balaban J connectivity index is 2.35. The fourth-order valence-corrected chi connectivity index (χ4v) is 2.41. The zero-order valence-corrected chi connectivity index (χ0v) is 10.5. The first kappa shape index (κ1) is 13.9. The van der Waals surface area contributed by atoms with E-state index in [1.165, 1.54) is 0 Å². The molecule has 0 aromatic rings. The van der Waals surface area contributed by atoms with Gasteiger partial charge in [0.15, 0.2) is 0 Å². The SMILES string of the molecule is CO[C@H]1C[C@@H](CO)N(CCNS(C)(=O)=O)C1. The molecule has 0 saturated carbocycles. The van der Waals surface area contributed by atoms with Crippen LogP contribution in [-0.4, -0.2) is 70.2 Å². The third kappa shape index (κ3) is 4.34. The molecule has 96 valence electrons. The second kappa shape index (κ2) is 5.92. The zero-order chi connectivity index (χ0) is 12.2. The zero-order valence-electron chi connectivity index (χ0n) is 9.72. The van der Waals surface area contributed by atoms with Crippen LogP contribution in [0.5, 0.6) is 0 Å². The highest BCUT2D eigenvalue weighted by Crippen LogP contribution is 2.18. The van der Waals surface area contributed by atoms with Gasteiger partial charge < -0.3 is 9.84 Å². The topological polar surface area (TPSA) is 78.9 Å². The van der Waals surface area contributed by atoms with Gasteiger partial charge in [0.2, 0.25) is 10.0 Å². The molecule has 0 aromatic carbocycles. The second-order valence-corrected chi connectivity index (χ2v) is 5.92. The Morgan fingerprint density at radius 2 is 2.25 bits per heavy atom. The molecule has 7 heteroatoms. The van der Waals surface area contributed by atoms with Gasteiger partial charge in [0, 0.05) is 32.8 Å². The summed E-state index contributed by atoms with van der Waals surface area (Å²) in [6.45, 7) is 1.79. The second-order valence-electron chi connectivity index (χ2n) is 4.09. The molecule has 0 spiro atoms. The van der Waals surface area contributed by atoms with Crippen molar-refractivity contribution >= 4 is 10.0 Å². The molecule has 1 fully saturated rings. The number of likely N-dealkylation sites (tertiary alicyclic amines) is 1. The van der Waals surface area contributed by atoms with E-state index in [1.54, 1.807) is 7.11 Å². The van der Waals surface area contributed by atoms with Gasteiger partial charge in [0.1, 0.15) is 0 Å². The lowest BCUT2D eigenvalue weighted by molar-refractivity contribution is 0.108. The van der Waals surface area contributed by atoms with Crippen molar-refractivity contribution in [2.24, 2.45) is 0 Å². The highest BCUT2D eigenvalue weighted by molar-refractivity contribution is 7.88. The number of rotatable bonds is 6. The normalized spacial score (nSPS) is 27.4. The van der Waals surface area contributed by atoms with E-state index in [-0.39, 0.29) is 18.8 Å². The molecule has 2 atom stereocenters. The minimum absolute atomic E-state index is 0.0753. The van der Waals surface area contributed by atoms with Crippen LogP contribution in [0.3, 0.4) is 0 Å². The predicted octanol–water partition coefficient (Wildman–Crippen LogP) is -1.38. The van der Waals surface area contributed by atoms with Crippen LogP contribution in [0.1, 0.15) is 6.42 Å². The lowest BCUT2D eigenvalue weighted by Gasteiger charge is -2.21. The molecule has 1 aliphatic heterocycles. The molecule has 16 heavy (non-hydrogen) atoms. The molecule has 0 aromatic heterocycles. The summed E-state index contributed by atoms with van der Waals surface area (Å²) >= 11 is 0. The Labute approximate surface area is 96.6 Å². The standard InChI is InChI=1S/C9H20N2O4S/c1-15-9-5-8(7-12)11(6-9)4-3-10-16(2,13)14/h8-10,12H,3-7H2,1-2H3/t8-,9-/m0/s1. The number of aliphatic hydroxyl groups excluding tert-OH is 1. The van der Waals surface area contributed by atoms with Crippen LogP contribution in [-0.2, 0) is 14.8 Å². The molecule has 6 nitrogen and oxygen atoms in total. The summed E-state index contributed by atoms with van der Waals surface area (Å²) in [4.78, 5) is 2.05. The molecule has 0 unspecified atom stereocenters. The molecule has 0 radical (unpaired) electrons. The highest BCUT2D eigenvalue weighted by Gasteiger charge is 2.31. The minimum Gasteiger partial charge on any atom is -0.395 e. The van der Waals surface area contributed by atoms with Gasteiger partial charge in [-0.1, -0.05) is 0 Å². The highest BCUT2D eigenvalue weighted by atomic mass is 32.2. The average molecular weight is 252 g/mol. The minimum atomic E-state index is -3.13. The van der Waals surface area contributed by atoms with Gasteiger partial charge in [-0.25, -0.2) is 13.1 Å². The number of hydrogen-bond donors (Lipinski definition) is 2. The number of hydrogen-bond acceptors (Lipinski definition) is 5. The number of nitrogens with one attached hydrogen (secondary N) is 1. The van der Waals surface area contributed by atoms with Crippen molar-refractivity contribution in [2.75, 3.05) is 39.6 Å². The largest absolute Gasteiger partial charge is 0.395 e. The summed E-state index contributed by atoms with van der Waals surface area (Å²) in [6.07, 6.45) is 2.07. The smallest absolute Gasteiger partial charge is 0.208 e. The van der Waals surface area contributed by atoms with Crippen molar-refractivity contribution in [1.29, 1.82) is 0 Å². The molecule has 1 heterocycles. The van der Waals surface area contributed by atoms with Gasteiger partial charge in [-0.15, -0.1) is 0 Å². The predicted molar refractivity (Wildman–Crippen MR) is 60.7 cm³/mol. The summed E-state index contributed by atoms with van der Waals surface area (Å²) in [5.41, 5.74) is 0. The van der Waals surface area contributed by atoms with Gasteiger partial charge in [-0.2, -0.15) is 0 Å². The number of ether oxygens (including phenoxy) is 1. The van der Waals surface area contributed by atoms with E-state index in [4.69, 9.17) is 4.74 Å². The first-order chi connectivity index (χ1) is 7.46. The summed E-state index contributed by atoms with van der Waals surface area (Å²) in [5.74, 6) is 0. The molecule has 0 bridgehead atoms. The number of sulfonamides is 1. The third-order valence-electron chi connectivity index (χ3n) is 2.80. The fraction of sp³-hybridized carbons (Fsp3) is 1.00. The van der Waals surface area contributed by atoms with Crippen LogP contribution in [0.15, 0.2) is 0 Å². The number of nitrogens with zero attached hydrogens (tertiary/aromatic N) is 1. The maximum Gasteiger partial charge on any atom is 0.208 e. The Bertz CT molecular complexity index is 307. The summed E-state index contributed by atoms with van der Waals surface area (Å²) in [5, 5.41) is 9.17. The van der Waals surface area contributed by atoms with Gasteiger partial charge >= 0.3 is 0 Å². The Hall–Kier alpha value is -0.210. The molecule has 1 aliphatic rings.